The lowest BCUT2D eigenvalue weighted by atomic mass is 9.93. The maximum absolute atomic E-state index is 9.02. The molecule has 0 amide bonds. The van der Waals surface area contributed by atoms with E-state index in [9.17, 15) is 0 Å². The summed E-state index contributed by atoms with van der Waals surface area (Å²) in [5.41, 5.74) is 2.85. The lowest BCUT2D eigenvalue weighted by molar-refractivity contribution is 0.342. The third kappa shape index (κ3) is 2.09. The van der Waals surface area contributed by atoms with Gasteiger partial charge in [0.05, 0.1) is 23.3 Å². The monoisotopic (exact) mass is 240 g/mol. The maximum Gasteiger partial charge on any atom is 0.0992 e. The summed E-state index contributed by atoms with van der Waals surface area (Å²) in [6, 6.07) is 6.74. The van der Waals surface area contributed by atoms with E-state index in [1.54, 1.807) is 0 Å². The Kier molecular flexibility index (Phi) is 2.99. The normalized spacial score (nSPS) is 15.5. The Bertz CT molecular complexity index is 589. The van der Waals surface area contributed by atoms with Crippen molar-refractivity contribution in [1.29, 1.82) is 5.26 Å². The number of H-pyrrole nitrogens is 1. The molecule has 2 N–H and O–H groups in total. The first-order chi connectivity index (χ1) is 8.86. The third-order valence-corrected chi connectivity index (χ3v) is 3.71. The summed E-state index contributed by atoms with van der Waals surface area (Å²) >= 11 is 0. The molecule has 0 aliphatic heterocycles. The molecular weight excluding hydrogens is 224 g/mol. The molecular formula is C14H16N4. The number of rotatable bonds is 4. The Hall–Kier alpha value is -1.86. The first kappa shape index (κ1) is 11.2. The number of nitrogens with one attached hydrogen (secondary N) is 2. The molecule has 1 saturated carbocycles. The van der Waals surface area contributed by atoms with Gasteiger partial charge in [-0.15, -0.1) is 0 Å². The highest BCUT2D eigenvalue weighted by Gasteiger charge is 2.16. The quantitative estimate of drug-likeness (QED) is 0.860. The molecule has 1 heterocycles. The fourth-order valence-electron chi connectivity index (χ4n) is 2.42. The van der Waals surface area contributed by atoms with E-state index in [1.807, 2.05) is 18.3 Å². The Morgan fingerprint density at radius 1 is 1.44 bits per heavy atom. The molecule has 0 unspecified atom stereocenters. The van der Waals surface area contributed by atoms with E-state index >= 15 is 0 Å². The van der Waals surface area contributed by atoms with Crippen molar-refractivity contribution in [1.82, 2.24) is 15.5 Å². The molecule has 0 saturated heterocycles. The van der Waals surface area contributed by atoms with Crippen molar-refractivity contribution in [3.8, 4) is 6.07 Å². The average molecular weight is 240 g/mol. The zero-order valence-electron chi connectivity index (χ0n) is 10.2. The number of hydrogen-bond donors (Lipinski definition) is 2. The van der Waals surface area contributed by atoms with Crippen LogP contribution in [0.2, 0.25) is 0 Å². The molecule has 1 aromatic carbocycles. The van der Waals surface area contributed by atoms with Crippen molar-refractivity contribution in [2.24, 2.45) is 0 Å². The van der Waals surface area contributed by atoms with Gasteiger partial charge >= 0.3 is 0 Å². The molecule has 2 aromatic rings. The molecule has 4 nitrogen and oxygen atoms in total. The third-order valence-electron chi connectivity index (χ3n) is 3.71. The van der Waals surface area contributed by atoms with Crippen LogP contribution in [0.15, 0.2) is 18.3 Å². The van der Waals surface area contributed by atoms with Crippen molar-refractivity contribution >= 4 is 10.9 Å². The van der Waals surface area contributed by atoms with Crippen LogP contribution in [-0.4, -0.2) is 22.8 Å². The highest BCUT2D eigenvalue weighted by atomic mass is 15.1. The van der Waals surface area contributed by atoms with Crippen LogP contribution >= 0.6 is 0 Å². The number of aromatic nitrogens is 2. The largest absolute Gasteiger partial charge is 0.314 e. The van der Waals surface area contributed by atoms with Gasteiger partial charge in [0.1, 0.15) is 0 Å². The molecule has 1 aliphatic carbocycles. The van der Waals surface area contributed by atoms with Gasteiger partial charge in [0.25, 0.3) is 0 Å². The molecule has 18 heavy (non-hydrogen) atoms. The van der Waals surface area contributed by atoms with Crippen LogP contribution in [0.5, 0.6) is 0 Å². The molecule has 4 heteroatoms. The molecule has 1 aromatic heterocycles. The van der Waals surface area contributed by atoms with Crippen molar-refractivity contribution in [2.45, 2.75) is 31.7 Å². The second-order valence-electron chi connectivity index (χ2n) is 4.91. The Morgan fingerprint density at radius 3 is 3.06 bits per heavy atom. The molecule has 3 rings (SSSR count). The summed E-state index contributed by atoms with van der Waals surface area (Å²) in [5, 5.41) is 20.7. The van der Waals surface area contributed by atoms with E-state index in [2.05, 4.69) is 21.6 Å². The van der Waals surface area contributed by atoms with Crippen molar-refractivity contribution in [3.63, 3.8) is 0 Å². The molecule has 0 spiro atoms. The number of fused-ring (bicyclic) bond motifs is 1. The van der Waals surface area contributed by atoms with Gasteiger partial charge < -0.3 is 5.32 Å². The average Bonchev–Trinajstić information content (AvgIpc) is 2.80. The fourth-order valence-corrected chi connectivity index (χ4v) is 2.42. The molecule has 92 valence electrons. The van der Waals surface area contributed by atoms with E-state index in [0.717, 1.165) is 23.9 Å². The smallest absolute Gasteiger partial charge is 0.0992 e. The minimum absolute atomic E-state index is 0.699. The zero-order valence-corrected chi connectivity index (χ0v) is 10.2. The Labute approximate surface area is 106 Å². The molecule has 1 fully saturated rings. The minimum atomic E-state index is 0.699. The van der Waals surface area contributed by atoms with E-state index in [0.29, 0.717) is 11.6 Å². The van der Waals surface area contributed by atoms with Gasteiger partial charge in [0.2, 0.25) is 0 Å². The Balaban J connectivity index is 1.76. The van der Waals surface area contributed by atoms with Crippen LogP contribution in [0.4, 0.5) is 0 Å². The summed E-state index contributed by atoms with van der Waals surface area (Å²) < 4.78 is 0. The lowest BCUT2D eigenvalue weighted by Crippen LogP contribution is -2.36. The Morgan fingerprint density at radius 2 is 2.33 bits per heavy atom. The van der Waals surface area contributed by atoms with Crippen LogP contribution < -0.4 is 5.32 Å². The first-order valence-electron chi connectivity index (χ1n) is 6.46. The first-order valence-corrected chi connectivity index (χ1v) is 6.46. The number of nitrogens with zero attached hydrogens (tertiary/aromatic N) is 2. The standard InChI is InChI=1S/C14H16N4/c15-8-10-6-11(4-5-16-12-2-1-3-12)13-9-17-18-14(13)7-10/h6-7,9,12,16H,1-5H2,(H,17,18). The topological polar surface area (TPSA) is 64.5 Å². The molecule has 0 atom stereocenters. The highest BCUT2D eigenvalue weighted by Crippen LogP contribution is 2.20. The predicted octanol–water partition coefficient (Wildman–Crippen LogP) is 2.12. The zero-order chi connectivity index (χ0) is 12.4. The van der Waals surface area contributed by atoms with Crippen LogP contribution in [0.1, 0.15) is 30.4 Å². The summed E-state index contributed by atoms with van der Waals surface area (Å²) in [6.45, 7) is 0.972. The van der Waals surface area contributed by atoms with Gasteiger partial charge in [0, 0.05) is 11.4 Å². The number of nitriles is 1. The maximum atomic E-state index is 9.02. The molecule has 0 bridgehead atoms. The second kappa shape index (κ2) is 4.79. The van der Waals surface area contributed by atoms with Crippen LogP contribution in [0.25, 0.3) is 10.9 Å². The SMILES string of the molecule is N#Cc1cc(CCNC2CCC2)c2cn[nH]c2c1. The summed E-state index contributed by atoms with van der Waals surface area (Å²) in [6.07, 6.45) is 6.75. The van der Waals surface area contributed by atoms with E-state index in [1.165, 1.54) is 24.8 Å². The number of aromatic amines is 1. The van der Waals surface area contributed by atoms with E-state index in [-0.39, 0.29) is 0 Å². The van der Waals surface area contributed by atoms with Crippen LogP contribution in [0.3, 0.4) is 0 Å². The van der Waals surface area contributed by atoms with Gasteiger partial charge in [-0.1, -0.05) is 6.42 Å². The highest BCUT2D eigenvalue weighted by molar-refractivity contribution is 5.83. The summed E-state index contributed by atoms with van der Waals surface area (Å²) in [7, 11) is 0. The van der Waals surface area contributed by atoms with Crippen LogP contribution in [0, 0.1) is 11.3 Å². The van der Waals surface area contributed by atoms with Gasteiger partial charge in [-0.25, -0.2) is 0 Å². The number of benzene rings is 1. The van der Waals surface area contributed by atoms with Gasteiger partial charge in [-0.2, -0.15) is 10.4 Å². The van der Waals surface area contributed by atoms with Gasteiger partial charge in [0.15, 0.2) is 0 Å². The summed E-state index contributed by atoms with van der Waals surface area (Å²) in [5.74, 6) is 0. The van der Waals surface area contributed by atoms with Gasteiger partial charge in [-0.05, 0) is 43.5 Å². The van der Waals surface area contributed by atoms with E-state index < -0.39 is 0 Å². The number of hydrogen-bond acceptors (Lipinski definition) is 3. The second-order valence-corrected chi connectivity index (χ2v) is 4.91. The summed E-state index contributed by atoms with van der Waals surface area (Å²) in [4.78, 5) is 0. The predicted molar refractivity (Wildman–Crippen MR) is 70.2 cm³/mol. The van der Waals surface area contributed by atoms with E-state index in [4.69, 9.17) is 5.26 Å². The fraction of sp³-hybridized carbons (Fsp3) is 0.429. The van der Waals surface area contributed by atoms with Crippen LogP contribution in [-0.2, 0) is 6.42 Å². The molecule has 1 aliphatic rings. The van der Waals surface area contributed by atoms with Gasteiger partial charge in [-0.3, -0.25) is 5.10 Å². The van der Waals surface area contributed by atoms with Crippen molar-refractivity contribution in [2.75, 3.05) is 6.54 Å². The molecule has 0 radical (unpaired) electrons. The van der Waals surface area contributed by atoms with Crippen molar-refractivity contribution < 1.29 is 0 Å². The van der Waals surface area contributed by atoms with Crippen molar-refractivity contribution in [3.05, 3.63) is 29.5 Å². The lowest BCUT2D eigenvalue weighted by Gasteiger charge is -2.26. The minimum Gasteiger partial charge on any atom is -0.314 e.